The molecule has 20 N–H and O–H groups in total. The van der Waals surface area contributed by atoms with Gasteiger partial charge < -0.3 is 173 Å². The monoisotopic (exact) mass is 1540 g/mol. The molecule has 7 saturated heterocycles. The summed E-state index contributed by atoms with van der Waals surface area (Å²) in [7, 11) is 0. The number of aliphatic hydroxyl groups excluding tert-OH is 19. The molecule has 0 aromatic carbocycles. The molecule has 7 aliphatic heterocycles. The summed E-state index contributed by atoms with van der Waals surface area (Å²) in [5.41, 5.74) is -5.06. The van der Waals surface area contributed by atoms with Crippen molar-refractivity contribution in [3.05, 3.63) is 11.6 Å². The summed E-state index contributed by atoms with van der Waals surface area (Å²) in [4.78, 5) is 43.3. The summed E-state index contributed by atoms with van der Waals surface area (Å²) in [6.07, 6.45) is -58.6. The molecule has 37 nitrogen and oxygen atoms in total. The first-order valence-electron chi connectivity index (χ1n) is 37.0. The van der Waals surface area contributed by atoms with Crippen LogP contribution in [0.3, 0.4) is 0 Å². The Morgan fingerprint density at radius 3 is 1.56 bits per heavy atom. The van der Waals surface area contributed by atoms with Gasteiger partial charge in [0, 0.05) is 0 Å². The molecule has 0 aromatic heterocycles. The SMILES string of the molecule is C[C@@H]1O[C@@H](O[C@H]2[C@H](OC(=O)[C@]34CCC(C)(C)C[C@H]3C3=CC[C@@H]5[C@@]6(C)CC[C@H](O[C@@H]7O[C@H](C(=O)O)[C@@H](O)[C@H](O[C@@H]8OC[C@H](O)[C@H](O)[C@H]8O)[C@H]7O[C@@H]7O[C@H](CO)[C@H](O)[C@H](O)[C@H]7O)[C@@](C)(C=O)[C@@H]6CC[C@@]5(C)[C@]3(C)C[C@H]4O)O[C@H](C)[C@H](O)[C@@H]2O)[C@H](O[C@@H]2O[C@H](CO)[C@@H](O)[C@H](O)[C@H]2O)[C@H](O)[C@H]1O[C@@H]1OC[C@@H](O)[C@H](O)[C@H]1O. The molecule has 4 saturated carbocycles. The van der Waals surface area contributed by atoms with Crippen LogP contribution in [0.4, 0.5) is 0 Å². The molecule has 0 unspecified atom stereocenters. The largest absolute Gasteiger partial charge is 0.479 e. The molecule has 12 rings (SSSR count). The Labute approximate surface area is 615 Å². The zero-order chi connectivity index (χ0) is 78.2. The summed E-state index contributed by atoms with van der Waals surface area (Å²) in [6.45, 7) is 12.0. The van der Waals surface area contributed by atoms with E-state index in [4.69, 9.17) is 66.3 Å². The van der Waals surface area contributed by atoms with Gasteiger partial charge in [-0.2, -0.15) is 0 Å². The topological polar surface area (TPSA) is 585 Å². The number of allylic oxidation sites excluding steroid dienone is 2. The van der Waals surface area contributed by atoms with Crippen LogP contribution in [0.1, 0.15) is 113 Å². The number of carbonyl (C=O) groups is 3. The third-order valence-electron chi connectivity index (χ3n) is 26.9. The molecule has 0 bridgehead atoms. The summed E-state index contributed by atoms with van der Waals surface area (Å²) in [5, 5.41) is 221. The molecule has 11 fully saturated rings. The first-order chi connectivity index (χ1) is 50.2. The first-order valence-corrected chi connectivity index (χ1v) is 37.0. The van der Waals surface area contributed by atoms with Gasteiger partial charge in [0.2, 0.25) is 6.29 Å². The third kappa shape index (κ3) is 14.3. The van der Waals surface area contributed by atoms with E-state index in [-0.39, 0.29) is 25.2 Å². The molecule has 0 amide bonds. The van der Waals surface area contributed by atoms with Gasteiger partial charge in [0.25, 0.3) is 0 Å². The zero-order valence-corrected chi connectivity index (χ0v) is 60.7. The van der Waals surface area contributed by atoms with E-state index in [2.05, 4.69) is 40.7 Å². The normalized spacial score (nSPS) is 55.0. The van der Waals surface area contributed by atoms with E-state index in [0.29, 0.717) is 38.5 Å². The fourth-order valence-electron chi connectivity index (χ4n) is 20.2. The number of fused-ring (bicyclic) bond motifs is 7. The van der Waals surface area contributed by atoms with Crippen molar-refractivity contribution in [2.24, 2.45) is 50.2 Å². The number of carbonyl (C=O) groups excluding carboxylic acids is 2. The molecule has 37 heteroatoms. The van der Waals surface area contributed by atoms with E-state index in [0.717, 1.165) is 11.9 Å². The number of hydrogen-bond acceptors (Lipinski definition) is 36. The van der Waals surface area contributed by atoms with Crippen molar-refractivity contribution in [3.63, 3.8) is 0 Å². The van der Waals surface area contributed by atoms with Gasteiger partial charge in [-0.3, -0.25) is 4.79 Å². The van der Waals surface area contributed by atoms with Crippen molar-refractivity contribution in [1.29, 1.82) is 0 Å². The van der Waals surface area contributed by atoms with E-state index in [9.17, 15) is 112 Å². The number of aliphatic carboxylic acids is 1. The van der Waals surface area contributed by atoms with Crippen LogP contribution >= 0.6 is 0 Å². The summed E-state index contributed by atoms with van der Waals surface area (Å²) in [5.74, 6) is -4.20. The van der Waals surface area contributed by atoms with Gasteiger partial charge in [0.15, 0.2) is 49.9 Å². The number of rotatable bonds is 18. The Balaban J connectivity index is 0.823. The van der Waals surface area contributed by atoms with Gasteiger partial charge in [-0.15, -0.1) is 0 Å². The molecule has 612 valence electrons. The van der Waals surface area contributed by atoms with Crippen molar-refractivity contribution < 1.29 is 183 Å². The zero-order valence-electron chi connectivity index (χ0n) is 60.7. The van der Waals surface area contributed by atoms with Crippen LogP contribution in [-0.2, 0) is 80.7 Å². The molecule has 43 atom stereocenters. The van der Waals surface area contributed by atoms with E-state index < -0.39 is 298 Å². The summed E-state index contributed by atoms with van der Waals surface area (Å²) < 4.78 is 84.8. The molecule has 107 heavy (non-hydrogen) atoms. The molecule has 0 aromatic rings. The quantitative estimate of drug-likeness (QED) is 0.0262. The lowest BCUT2D eigenvalue weighted by atomic mass is 9.33. The molecule has 0 spiro atoms. The van der Waals surface area contributed by atoms with Gasteiger partial charge >= 0.3 is 11.9 Å². The standard InChI is InChI=1S/C70H110O37/c1-24-36(77)43(84)53(105-61-54(104-59-46(87)41(82)39(80)30(19-71)98-59)48(89)50(25(2)97-61)101-57-44(85)37(78)28(74)21-94-57)62(96-24)107-64(93)70-16-15-65(3,4)17-27(70)26-9-10-33-66(5)13-12-35(67(6,23-73)32(66)11-14-68(33,7)69(26,8)18-34(70)76)100-63-55(106-60-47(88)42(83)40(81)31(20-72)99-60)51(49(90)52(103-63)56(91)92)102-58-45(86)38(79)29(75)22-95-58/h9,23-25,27-55,57-63,71-72,74-90H,10-22H2,1-8H3,(H,91,92)/t24-,25+,27+,28-,29+,30-,31-,32-,33-,34-,35+,36+,37+,38+,39-,40+,41+,42+,43+,44-,45-,46-,47-,48-,49+,50+,51+,52+,53-,54-,55-,57+,58+,59+,60+,61+,62+,63-,66+,67+,68-,69-,70-/m1/s1. The fraction of sp³-hybridized carbons (Fsp3) is 0.929. The lowest BCUT2D eigenvalue weighted by molar-refractivity contribution is -0.399. The van der Waals surface area contributed by atoms with Crippen LogP contribution in [0.25, 0.3) is 0 Å². The highest BCUT2D eigenvalue weighted by molar-refractivity contribution is 5.80. The van der Waals surface area contributed by atoms with Crippen LogP contribution in [0.2, 0.25) is 0 Å². The lowest BCUT2D eigenvalue weighted by Gasteiger charge is -2.71. The highest BCUT2D eigenvalue weighted by Gasteiger charge is 2.73. The molecule has 7 heterocycles. The number of aliphatic hydroxyl groups is 19. The second-order valence-corrected chi connectivity index (χ2v) is 33.6. The van der Waals surface area contributed by atoms with Crippen LogP contribution in [0, 0.1) is 50.2 Å². The van der Waals surface area contributed by atoms with E-state index in [1.54, 1.807) is 6.92 Å². The van der Waals surface area contributed by atoms with Gasteiger partial charge in [-0.1, -0.05) is 53.2 Å². The Bertz CT molecular complexity index is 3130. The molecule has 12 aliphatic rings. The van der Waals surface area contributed by atoms with E-state index in [1.165, 1.54) is 13.8 Å². The highest BCUT2D eigenvalue weighted by atomic mass is 16.8. The minimum Gasteiger partial charge on any atom is -0.479 e. The number of ether oxygens (including phenoxy) is 14. The van der Waals surface area contributed by atoms with Crippen LogP contribution in [0.15, 0.2) is 11.6 Å². The maximum atomic E-state index is 16.0. The van der Waals surface area contributed by atoms with Gasteiger partial charge in [0.1, 0.15) is 146 Å². The first kappa shape index (κ1) is 83.5. The third-order valence-corrected chi connectivity index (χ3v) is 26.9. The number of carboxylic acids is 1. The van der Waals surface area contributed by atoms with Crippen LogP contribution in [0.5, 0.6) is 0 Å². The van der Waals surface area contributed by atoms with E-state index >= 15 is 4.79 Å². The van der Waals surface area contributed by atoms with Crippen molar-refractivity contribution >= 4 is 18.2 Å². The average Bonchev–Trinajstić information content (AvgIpc) is 0.670. The predicted molar refractivity (Wildman–Crippen MR) is 348 cm³/mol. The van der Waals surface area contributed by atoms with Gasteiger partial charge in [0.05, 0.1) is 56.3 Å². The molecule has 5 aliphatic carbocycles. The Kier molecular flexibility index (Phi) is 24.5. The Morgan fingerprint density at radius 1 is 0.486 bits per heavy atom. The highest BCUT2D eigenvalue weighted by Crippen LogP contribution is 2.76. The van der Waals surface area contributed by atoms with Gasteiger partial charge in [-0.25, -0.2) is 4.79 Å². The number of hydrogen-bond donors (Lipinski definition) is 20. The molecular formula is C70H110O37. The van der Waals surface area contributed by atoms with Gasteiger partial charge in [-0.05, 0) is 111 Å². The summed E-state index contributed by atoms with van der Waals surface area (Å²) in [6, 6.07) is 0. The summed E-state index contributed by atoms with van der Waals surface area (Å²) >= 11 is 0. The van der Waals surface area contributed by atoms with Crippen molar-refractivity contribution in [1.82, 2.24) is 0 Å². The smallest absolute Gasteiger partial charge is 0.335 e. The molecular weight excluding hydrogens is 1430 g/mol. The predicted octanol–water partition coefficient (Wildman–Crippen LogP) is -6.99. The van der Waals surface area contributed by atoms with Crippen molar-refractivity contribution in [2.45, 2.75) is 328 Å². The van der Waals surface area contributed by atoms with Crippen molar-refractivity contribution in [2.75, 3.05) is 26.4 Å². The average molecular weight is 1540 g/mol. The maximum absolute atomic E-state index is 16.0. The number of aldehydes is 1. The lowest BCUT2D eigenvalue weighted by Crippen LogP contribution is -2.69. The second kappa shape index (κ2) is 31.4. The minimum atomic E-state index is -2.23. The number of carboxylic acid groups (broad SMARTS) is 1. The second-order valence-electron chi connectivity index (χ2n) is 33.6. The minimum absolute atomic E-state index is 0.00398. The molecule has 0 radical (unpaired) electrons. The van der Waals surface area contributed by atoms with Crippen molar-refractivity contribution in [3.8, 4) is 0 Å². The van der Waals surface area contributed by atoms with Crippen LogP contribution < -0.4 is 0 Å². The Morgan fingerprint density at radius 2 is 1.00 bits per heavy atom. The van der Waals surface area contributed by atoms with Crippen LogP contribution in [-0.4, -0.2) is 362 Å². The fourth-order valence-corrected chi connectivity index (χ4v) is 20.2. The maximum Gasteiger partial charge on any atom is 0.335 e. The Hall–Kier alpha value is -2.93. The van der Waals surface area contributed by atoms with E-state index in [1.807, 2.05) is 0 Å². The number of esters is 1.